The summed E-state index contributed by atoms with van der Waals surface area (Å²) >= 11 is 0. The Bertz CT molecular complexity index is 873. The minimum Gasteiger partial charge on any atom is -0.464 e. The van der Waals surface area contributed by atoms with Crippen LogP contribution in [0.3, 0.4) is 0 Å². The standard InChI is InChI=1S/C21H16O/c1-2-6-16(7-3-1)10-11-17-14-20-19-9-5-4-8-18(19)12-13-21(20)22-15-17/h1-13,15H,14H2/b11-10+. The van der Waals surface area contributed by atoms with Gasteiger partial charge in [0.25, 0.3) is 0 Å². The summed E-state index contributed by atoms with van der Waals surface area (Å²) in [5.74, 6) is 0.968. The van der Waals surface area contributed by atoms with Crippen molar-refractivity contribution in [3.05, 3.63) is 95.8 Å². The van der Waals surface area contributed by atoms with Crippen LogP contribution in [0.4, 0.5) is 0 Å². The van der Waals surface area contributed by atoms with E-state index in [4.69, 9.17) is 4.74 Å². The summed E-state index contributed by atoms with van der Waals surface area (Å²) in [4.78, 5) is 0. The van der Waals surface area contributed by atoms with E-state index >= 15 is 0 Å². The second kappa shape index (κ2) is 5.53. The second-order valence-corrected chi connectivity index (χ2v) is 5.49. The Balaban J connectivity index is 1.66. The lowest BCUT2D eigenvalue weighted by molar-refractivity contribution is 0.461. The van der Waals surface area contributed by atoms with Crippen LogP contribution < -0.4 is 4.74 Å². The first-order valence-corrected chi connectivity index (χ1v) is 7.50. The van der Waals surface area contributed by atoms with Crippen LogP contribution >= 0.6 is 0 Å². The van der Waals surface area contributed by atoms with Gasteiger partial charge in [-0.2, -0.15) is 0 Å². The van der Waals surface area contributed by atoms with Gasteiger partial charge in [-0.15, -0.1) is 0 Å². The molecule has 0 aliphatic carbocycles. The van der Waals surface area contributed by atoms with Gasteiger partial charge in [0.1, 0.15) is 5.75 Å². The molecule has 0 fully saturated rings. The molecule has 0 saturated heterocycles. The molecule has 1 nitrogen and oxygen atoms in total. The summed E-state index contributed by atoms with van der Waals surface area (Å²) in [7, 11) is 0. The monoisotopic (exact) mass is 284 g/mol. The molecule has 1 heterocycles. The van der Waals surface area contributed by atoms with Gasteiger partial charge in [0, 0.05) is 12.0 Å². The summed E-state index contributed by atoms with van der Waals surface area (Å²) in [5, 5.41) is 2.54. The number of hydrogen-bond acceptors (Lipinski definition) is 1. The van der Waals surface area contributed by atoms with Crippen LogP contribution in [0.15, 0.2) is 84.6 Å². The number of fused-ring (bicyclic) bond motifs is 3. The second-order valence-electron chi connectivity index (χ2n) is 5.49. The highest BCUT2D eigenvalue weighted by molar-refractivity contribution is 5.88. The highest BCUT2D eigenvalue weighted by Crippen LogP contribution is 2.33. The maximum Gasteiger partial charge on any atom is 0.130 e. The molecule has 0 unspecified atom stereocenters. The molecule has 3 aromatic rings. The molecule has 1 heteroatoms. The minimum atomic E-state index is 0.903. The Morgan fingerprint density at radius 1 is 0.773 bits per heavy atom. The molecule has 0 N–H and O–H groups in total. The molecule has 0 amide bonds. The maximum atomic E-state index is 5.82. The third-order valence-electron chi connectivity index (χ3n) is 4.01. The zero-order chi connectivity index (χ0) is 14.8. The van der Waals surface area contributed by atoms with E-state index < -0.39 is 0 Å². The average molecular weight is 284 g/mol. The lowest BCUT2D eigenvalue weighted by Gasteiger charge is -2.17. The first-order valence-electron chi connectivity index (χ1n) is 7.50. The van der Waals surface area contributed by atoms with Gasteiger partial charge in [-0.25, -0.2) is 0 Å². The number of allylic oxidation sites excluding steroid dienone is 2. The first kappa shape index (κ1) is 12.9. The lowest BCUT2D eigenvalue weighted by Crippen LogP contribution is -2.02. The van der Waals surface area contributed by atoms with Gasteiger partial charge in [0.15, 0.2) is 0 Å². The van der Waals surface area contributed by atoms with Crippen LogP contribution in [0.2, 0.25) is 0 Å². The van der Waals surface area contributed by atoms with Crippen molar-refractivity contribution in [1.29, 1.82) is 0 Å². The van der Waals surface area contributed by atoms with Crippen LogP contribution in [0.5, 0.6) is 5.75 Å². The maximum absolute atomic E-state index is 5.82. The predicted molar refractivity (Wildman–Crippen MR) is 91.8 cm³/mol. The summed E-state index contributed by atoms with van der Waals surface area (Å²) < 4.78 is 5.82. The number of hydrogen-bond donors (Lipinski definition) is 0. The number of benzene rings is 3. The summed E-state index contributed by atoms with van der Waals surface area (Å²) in [5.41, 5.74) is 3.66. The van der Waals surface area contributed by atoms with Crippen molar-refractivity contribution >= 4 is 16.8 Å². The fraction of sp³-hybridized carbons (Fsp3) is 0.0476. The molecule has 106 valence electrons. The van der Waals surface area contributed by atoms with Crippen LogP contribution in [0, 0.1) is 0 Å². The minimum absolute atomic E-state index is 0.903. The highest BCUT2D eigenvalue weighted by Gasteiger charge is 2.14. The van der Waals surface area contributed by atoms with Crippen molar-refractivity contribution < 1.29 is 4.74 Å². The van der Waals surface area contributed by atoms with E-state index in [2.05, 4.69) is 60.7 Å². The van der Waals surface area contributed by atoms with Gasteiger partial charge < -0.3 is 4.74 Å². The quantitative estimate of drug-likeness (QED) is 0.614. The lowest BCUT2D eigenvalue weighted by atomic mass is 9.96. The van der Waals surface area contributed by atoms with E-state index in [1.165, 1.54) is 27.5 Å². The van der Waals surface area contributed by atoms with Gasteiger partial charge >= 0.3 is 0 Å². The molecule has 1 aliphatic rings. The van der Waals surface area contributed by atoms with Crippen molar-refractivity contribution in [3.63, 3.8) is 0 Å². The van der Waals surface area contributed by atoms with Crippen LogP contribution in [-0.4, -0.2) is 0 Å². The normalized spacial score (nSPS) is 13.7. The van der Waals surface area contributed by atoms with Crippen molar-refractivity contribution in [3.8, 4) is 5.75 Å². The molecule has 0 spiro atoms. The summed E-state index contributed by atoms with van der Waals surface area (Å²) in [6, 6.07) is 23.0. The van der Waals surface area contributed by atoms with E-state index in [-0.39, 0.29) is 0 Å². The number of rotatable bonds is 2. The Morgan fingerprint density at radius 2 is 1.59 bits per heavy atom. The fourth-order valence-electron chi connectivity index (χ4n) is 2.86. The SMILES string of the molecule is C1=C(/C=C/c2ccccc2)Cc2c(ccc3ccccc23)O1. The van der Waals surface area contributed by atoms with Gasteiger partial charge in [-0.05, 0) is 28.0 Å². The average Bonchev–Trinajstić information content (AvgIpc) is 2.60. The van der Waals surface area contributed by atoms with Crippen LogP contribution in [0.25, 0.3) is 16.8 Å². The zero-order valence-electron chi connectivity index (χ0n) is 12.2. The molecule has 0 radical (unpaired) electrons. The highest BCUT2D eigenvalue weighted by atomic mass is 16.5. The Labute approximate surface area is 130 Å². The Hall–Kier alpha value is -2.80. The van der Waals surface area contributed by atoms with Crippen LogP contribution in [0.1, 0.15) is 11.1 Å². The van der Waals surface area contributed by atoms with E-state index in [9.17, 15) is 0 Å². The smallest absolute Gasteiger partial charge is 0.130 e. The molecule has 1 aliphatic heterocycles. The first-order chi connectivity index (χ1) is 10.9. The van der Waals surface area contributed by atoms with E-state index in [0.717, 1.165) is 12.2 Å². The Kier molecular flexibility index (Phi) is 3.24. The van der Waals surface area contributed by atoms with Crippen LogP contribution in [-0.2, 0) is 6.42 Å². The molecular weight excluding hydrogens is 268 g/mol. The number of ether oxygens (including phenoxy) is 1. The third kappa shape index (κ3) is 2.42. The fourth-order valence-corrected chi connectivity index (χ4v) is 2.86. The van der Waals surface area contributed by atoms with Gasteiger partial charge in [0.05, 0.1) is 6.26 Å². The third-order valence-corrected chi connectivity index (χ3v) is 4.01. The Morgan fingerprint density at radius 3 is 2.50 bits per heavy atom. The topological polar surface area (TPSA) is 9.23 Å². The molecule has 0 bridgehead atoms. The van der Waals surface area contributed by atoms with E-state index in [1.807, 2.05) is 24.5 Å². The van der Waals surface area contributed by atoms with Gasteiger partial charge in [-0.3, -0.25) is 0 Å². The zero-order valence-corrected chi connectivity index (χ0v) is 12.2. The predicted octanol–water partition coefficient (Wildman–Crippen LogP) is 5.37. The van der Waals surface area contributed by atoms with E-state index in [1.54, 1.807) is 0 Å². The molecule has 4 rings (SSSR count). The van der Waals surface area contributed by atoms with Crippen molar-refractivity contribution in [2.75, 3.05) is 0 Å². The van der Waals surface area contributed by atoms with E-state index in [0.29, 0.717) is 0 Å². The van der Waals surface area contributed by atoms with Gasteiger partial charge in [0.2, 0.25) is 0 Å². The van der Waals surface area contributed by atoms with Gasteiger partial charge in [-0.1, -0.05) is 72.8 Å². The van der Waals surface area contributed by atoms with Crippen molar-refractivity contribution in [1.82, 2.24) is 0 Å². The largest absolute Gasteiger partial charge is 0.464 e. The molecule has 0 aromatic heterocycles. The molecular formula is C21H16O. The summed E-state index contributed by atoms with van der Waals surface area (Å²) in [6.07, 6.45) is 7.03. The molecule has 0 saturated carbocycles. The molecule has 0 atom stereocenters. The summed E-state index contributed by atoms with van der Waals surface area (Å²) in [6.45, 7) is 0. The molecule has 3 aromatic carbocycles. The molecule has 22 heavy (non-hydrogen) atoms. The van der Waals surface area contributed by atoms with Crippen molar-refractivity contribution in [2.45, 2.75) is 6.42 Å². The van der Waals surface area contributed by atoms with Crippen molar-refractivity contribution in [2.24, 2.45) is 0 Å².